The van der Waals surface area contributed by atoms with Crippen LogP contribution >= 0.6 is 15.9 Å². The van der Waals surface area contributed by atoms with E-state index >= 15 is 0 Å². The maximum atomic E-state index is 12.2. The smallest absolute Gasteiger partial charge is 0.329 e. The lowest BCUT2D eigenvalue weighted by atomic mass is 10.2. The van der Waals surface area contributed by atoms with Crippen molar-refractivity contribution in [1.82, 2.24) is 10.7 Å². The van der Waals surface area contributed by atoms with Crippen LogP contribution in [0.4, 0.5) is 5.69 Å². The van der Waals surface area contributed by atoms with E-state index in [1.54, 1.807) is 42.5 Å². The van der Waals surface area contributed by atoms with Gasteiger partial charge in [-0.3, -0.25) is 14.4 Å². The molecule has 0 aliphatic carbocycles. The average molecular weight is 543 g/mol. The van der Waals surface area contributed by atoms with Crippen molar-refractivity contribution in [2.45, 2.75) is 13.5 Å². The van der Waals surface area contributed by atoms with E-state index in [0.29, 0.717) is 35.1 Å². The number of carbonyl (C=O) groups is 3. The molecule has 0 aliphatic rings. The first kappa shape index (κ1) is 25.5. The third-order valence-electron chi connectivity index (χ3n) is 4.34. The Balaban J connectivity index is 1.52. The predicted molar refractivity (Wildman–Crippen MR) is 132 cm³/mol. The maximum Gasteiger partial charge on any atom is 0.329 e. The van der Waals surface area contributed by atoms with E-state index in [2.05, 4.69) is 37.1 Å². The summed E-state index contributed by atoms with van der Waals surface area (Å²) in [4.78, 5) is 35.9. The fourth-order valence-corrected chi connectivity index (χ4v) is 3.01. The van der Waals surface area contributed by atoms with Crippen LogP contribution in [0.3, 0.4) is 0 Å². The third-order valence-corrected chi connectivity index (χ3v) is 4.87. The molecular weight excluding hydrogens is 520 g/mol. The highest BCUT2D eigenvalue weighted by atomic mass is 79.9. The quantitative estimate of drug-likeness (QED) is 0.205. The Morgan fingerprint density at radius 2 is 1.83 bits per heavy atom. The Labute approximate surface area is 209 Å². The van der Waals surface area contributed by atoms with Crippen molar-refractivity contribution in [1.29, 1.82) is 0 Å². The van der Waals surface area contributed by atoms with Gasteiger partial charge in [0.15, 0.2) is 18.1 Å². The van der Waals surface area contributed by atoms with Gasteiger partial charge in [0.1, 0.15) is 5.76 Å². The van der Waals surface area contributed by atoms with Gasteiger partial charge in [0.2, 0.25) is 0 Å². The van der Waals surface area contributed by atoms with Crippen molar-refractivity contribution in [2.24, 2.45) is 5.10 Å². The molecule has 3 N–H and O–H groups in total. The number of hydrazone groups is 1. The van der Waals surface area contributed by atoms with Crippen LogP contribution in [0, 0.1) is 0 Å². The number of ether oxygens (including phenoxy) is 2. The lowest BCUT2D eigenvalue weighted by Gasteiger charge is -2.12. The molecule has 0 spiro atoms. The fraction of sp³-hybridized carbons (Fsp3) is 0.167. The Bertz CT molecular complexity index is 1180. The summed E-state index contributed by atoms with van der Waals surface area (Å²) in [5.41, 5.74) is 3.38. The number of nitrogens with one attached hydrogen (secondary N) is 3. The molecule has 1 aromatic heterocycles. The average Bonchev–Trinajstić information content (AvgIpc) is 3.37. The Hall–Kier alpha value is -4.12. The van der Waals surface area contributed by atoms with Crippen LogP contribution in [0.15, 0.2) is 74.9 Å². The van der Waals surface area contributed by atoms with Crippen LogP contribution in [-0.4, -0.2) is 37.1 Å². The summed E-state index contributed by atoms with van der Waals surface area (Å²) in [5, 5.41) is 8.95. The summed E-state index contributed by atoms with van der Waals surface area (Å²) < 4.78 is 17.2. The molecule has 0 fully saturated rings. The zero-order chi connectivity index (χ0) is 25.0. The van der Waals surface area contributed by atoms with Crippen molar-refractivity contribution >= 4 is 45.6 Å². The van der Waals surface area contributed by atoms with Crippen LogP contribution in [0.1, 0.15) is 18.2 Å². The summed E-state index contributed by atoms with van der Waals surface area (Å²) in [6, 6.07) is 15.4. The molecule has 11 heteroatoms. The summed E-state index contributed by atoms with van der Waals surface area (Å²) in [7, 11) is 0. The molecule has 1 heterocycles. The molecule has 0 bridgehead atoms. The van der Waals surface area contributed by atoms with Gasteiger partial charge in [-0.2, -0.15) is 5.10 Å². The molecule has 0 aliphatic heterocycles. The molecule has 10 nitrogen and oxygen atoms in total. The van der Waals surface area contributed by atoms with Crippen LogP contribution in [0.5, 0.6) is 11.5 Å². The first-order chi connectivity index (χ1) is 16.9. The molecule has 0 unspecified atom stereocenters. The van der Waals surface area contributed by atoms with Gasteiger partial charge in [0, 0.05) is 10.2 Å². The van der Waals surface area contributed by atoms with Gasteiger partial charge >= 0.3 is 11.8 Å². The van der Waals surface area contributed by atoms with Crippen molar-refractivity contribution < 1.29 is 28.3 Å². The van der Waals surface area contributed by atoms with Gasteiger partial charge < -0.3 is 24.5 Å². The zero-order valence-corrected chi connectivity index (χ0v) is 20.3. The topological polar surface area (TPSA) is 131 Å². The van der Waals surface area contributed by atoms with E-state index in [-0.39, 0.29) is 19.1 Å². The molecule has 0 saturated heterocycles. The molecule has 0 atom stereocenters. The summed E-state index contributed by atoms with van der Waals surface area (Å²) in [5.74, 6) is -0.806. The predicted octanol–water partition coefficient (Wildman–Crippen LogP) is 3.22. The Kier molecular flexibility index (Phi) is 9.43. The molecule has 0 saturated carbocycles. The van der Waals surface area contributed by atoms with Crippen LogP contribution in [0.25, 0.3) is 0 Å². The van der Waals surface area contributed by atoms with E-state index in [4.69, 9.17) is 13.9 Å². The van der Waals surface area contributed by atoms with Crippen LogP contribution in [-0.2, 0) is 20.9 Å². The lowest BCUT2D eigenvalue weighted by molar-refractivity contribution is -0.139. The van der Waals surface area contributed by atoms with Crippen molar-refractivity contribution in [3.8, 4) is 11.5 Å². The number of carbonyl (C=O) groups excluding carboxylic acids is 3. The van der Waals surface area contributed by atoms with E-state index in [1.165, 1.54) is 12.5 Å². The zero-order valence-electron chi connectivity index (χ0n) is 18.7. The van der Waals surface area contributed by atoms with Crippen molar-refractivity contribution in [3.63, 3.8) is 0 Å². The number of benzene rings is 2. The molecule has 2 aromatic carbocycles. The number of rotatable bonds is 10. The molecule has 182 valence electrons. The number of halogens is 1. The van der Waals surface area contributed by atoms with Gasteiger partial charge in [-0.05, 0) is 67.1 Å². The maximum absolute atomic E-state index is 12.2. The minimum absolute atomic E-state index is 0.0866. The molecule has 35 heavy (non-hydrogen) atoms. The molecule has 3 amide bonds. The third kappa shape index (κ3) is 8.31. The standard InChI is InChI=1S/C24H23BrN4O6/c1-2-33-21-12-16(13-27-29-24(32)23(31)26-14-19-4-3-11-34-19)5-10-20(21)35-15-22(30)28-18-8-6-17(25)7-9-18/h3-13H,2,14-15H2,1H3,(H,26,31)(H,28,30)(H,29,32)/b27-13-. The normalized spacial score (nSPS) is 10.6. The number of nitrogens with zero attached hydrogens (tertiary/aromatic N) is 1. The summed E-state index contributed by atoms with van der Waals surface area (Å²) in [6.45, 7) is 2.05. The Morgan fingerprint density at radius 3 is 2.54 bits per heavy atom. The van der Waals surface area contributed by atoms with Gasteiger partial charge in [-0.15, -0.1) is 0 Å². The van der Waals surface area contributed by atoms with E-state index in [0.717, 1.165) is 4.47 Å². The number of hydrogen-bond donors (Lipinski definition) is 3. The second-order valence-corrected chi connectivity index (χ2v) is 7.86. The summed E-state index contributed by atoms with van der Waals surface area (Å²) >= 11 is 3.34. The number of amides is 3. The second-order valence-electron chi connectivity index (χ2n) is 6.94. The Morgan fingerprint density at radius 1 is 1.03 bits per heavy atom. The van der Waals surface area contributed by atoms with Crippen molar-refractivity contribution in [3.05, 3.63) is 76.7 Å². The largest absolute Gasteiger partial charge is 0.490 e. The van der Waals surface area contributed by atoms with Crippen molar-refractivity contribution in [2.75, 3.05) is 18.5 Å². The molecular formula is C24H23BrN4O6. The minimum atomic E-state index is -0.922. The number of anilines is 1. The van der Waals surface area contributed by atoms with Gasteiger partial charge in [-0.1, -0.05) is 15.9 Å². The monoisotopic (exact) mass is 542 g/mol. The van der Waals surface area contributed by atoms with E-state index in [9.17, 15) is 14.4 Å². The van der Waals surface area contributed by atoms with Gasteiger partial charge in [0.25, 0.3) is 5.91 Å². The summed E-state index contributed by atoms with van der Waals surface area (Å²) in [6.07, 6.45) is 2.82. The van der Waals surface area contributed by atoms with Crippen LogP contribution in [0.2, 0.25) is 0 Å². The molecule has 3 aromatic rings. The fourth-order valence-electron chi connectivity index (χ4n) is 2.74. The highest BCUT2D eigenvalue weighted by molar-refractivity contribution is 9.10. The molecule has 3 rings (SSSR count). The minimum Gasteiger partial charge on any atom is -0.490 e. The van der Waals surface area contributed by atoms with E-state index in [1.807, 2.05) is 19.1 Å². The molecule has 0 radical (unpaired) electrons. The number of furan rings is 1. The first-order valence-corrected chi connectivity index (χ1v) is 11.3. The SMILES string of the molecule is CCOc1cc(/C=N\NC(=O)C(=O)NCc2ccco2)ccc1OCC(=O)Nc1ccc(Br)cc1. The highest BCUT2D eigenvalue weighted by Gasteiger charge is 2.13. The number of hydrogen-bond acceptors (Lipinski definition) is 7. The van der Waals surface area contributed by atoms with Gasteiger partial charge in [-0.25, -0.2) is 5.43 Å². The lowest BCUT2D eigenvalue weighted by Crippen LogP contribution is -2.37. The van der Waals surface area contributed by atoms with Gasteiger partial charge in [0.05, 0.1) is 25.6 Å². The van der Waals surface area contributed by atoms with Crippen LogP contribution < -0.4 is 25.5 Å². The highest BCUT2D eigenvalue weighted by Crippen LogP contribution is 2.28. The van der Waals surface area contributed by atoms with E-state index < -0.39 is 11.8 Å². The first-order valence-electron chi connectivity index (χ1n) is 10.5. The second kappa shape index (κ2) is 12.9.